The summed E-state index contributed by atoms with van der Waals surface area (Å²) < 4.78 is 0. The third kappa shape index (κ3) is 5.74. The number of benzene rings is 1. The number of nitrogens with one attached hydrogen (secondary N) is 3. The van der Waals surface area contributed by atoms with E-state index in [0.717, 1.165) is 12.0 Å². The monoisotopic (exact) mass is 346 g/mol. The van der Waals surface area contributed by atoms with Crippen LogP contribution in [-0.4, -0.2) is 48.6 Å². The highest BCUT2D eigenvalue weighted by molar-refractivity contribution is 5.94. The number of nitrogens with zero attached hydrogens (tertiary/aromatic N) is 1. The lowest BCUT2D eigenvalue weighted by molar-refractivity contribution is 0.0941. The second-order valence-corrected chi connectivity index (χ2v) is 7.13. The molecule has 3 N–H and O–H groups in total. The number of likely N-dealkylation sites (tertiary alicyclic amines) is 1. The molecule has 0 radical (unpaired) electrons. The summed E-state index contributed by atoms with van der Waals surface area (Å²) >= 11 is 0. The van der Waals surface area contributed by atoms with Crippen molar-refractivity contribution in [2.24, 2.45) is 0 Å². The van der Waals surface area contributed by atoms with E-state index in [9.17, 15) is 9.59 Å². The van der Waals surface area contributed by atoms with Crippen molar-refractivity contribution in [1.82, 2.24) is 20.9 Å². The van der Waals surface area contributed by atoms with Crippen molar-refractivity contribution in [3.8, 4) is 0 Å². The summed E-state index contributed by atoms with van der Waals surface area (Å²) in [7, 11) is 2.12. The molecule has 1 aliphatic rings. The molecule has 0 unspecified atom stereocenters. The fourth-order valence-corrected chi connectivity index (χ4v) is 3.03. The van der Waals surface area contributed by atoms with E-state index in [1.54, 1.807) is 12.1 Å². The highest BCUT2D eigenvalue weighted by atomic mass is 16.2. The Balaban J connectivity index is 1.79. The Morgan fingerprint density at radius 3 is 2.40 bits per heavy atom. The molecule has 0 spiro atoms. The zero-order chi connectivity index (χ0) is 18.4. The summed E-state index contributed by atoms with van der Waals surface area (Å²) in [4.78, 5) is 26.2. The van der Waals surface area contributed by atoms with Crippen LogP contribution >= 0.6 is 0 Å². The number of urea groups is 1. The van der Waals surface area contributed by atoms with Crippen molar-refractivity contribution in [2.45, 2.75) is 58.3 Å². The number of likely N-dealkylation sites (N-methyl/N-ethyl adjacent to an activating group) is 1. The summed E-state index contributed by atoms with van der Waals surface area (Å²) in [5.41, 5.74) is 1.60. The molecule has 2 rings (SSSR count). The molecule has 25 heavy (non-hydrogen) atoms. The molecule has 1 saturated heterocycles. The lowest BCUT2D eigenvalue weighted by Crippen LogP contribution is -2.40. The van der Waals surface area contributed by atoms with Gasteiger partial charge in [-0.1, -0.05) is 12.1 Å². The summed E-state index contributed by atoms with van der Waals surface area (Å²) in [6.07, 6.45) is 2.31. The van der Waals surface area contributed by atoms with E-state index in [2.05, 4.69) is 34.8 Å². The Labute approximate surface area is 150 Å². The fraction of sp³-hybridized carbons (Fsp3) is 0.579. The van der Waals surface area contributed by atoms with Crippen molar-refractivity contribution in [2.75, 3.05) is 13.6 Å². The molecule has 1 fully saturated rings. The highest BCUT2D eigenvalue weighted by Crippen LogP contribution is 2.20. The van der Waals surface area contributed by atoms with E-state index in [-0.39, 0.29) is 18.0 Å². The predicted molar refractivity (Wildman–Crippen MR) is 99.5 cm³/mol. The third-order valence-corrected chi connectivity index (χ3v) is 4.78. The Hall–Kier alpha value is -2.08. The van der Waals surface area contributed by atoms with Crippen LogP contribution in [0.5, 0.6) is 0 Å². The molecular formula is C19H30N4O2. The fourth-order valence-electron chi connectivity index (χ4n) is 3.03. The molecule has 1 aliphatic heterocycles. The van der Waals surface area contributed by atoms with Gasteiger partial charge in [-0.3, -0.25) is 9.69 Å². The van der Waals surface area contributed by atoms with Crippen molar-refractivity contribution in [3.05, 3.63) is 35.4 Å². The minimum Gasteiger partial charge on any atom is -0.350 e. The van der Waals surface area contributed by atoms with Gasteiger partial charge in [0.05, 0.1) is 0 Å². The van der Waals surface area contributed by atoms with Crippen LogP contribution in [0, 0.1) is 0 Å². The van der Waals surface area contributed by atoms with Crippen LogP contribution in [0.3, 0.4) is 0 Å². The first-order chi connectivity index (χ1) is 11.9. The third-order valence-electron chi connectivity index (χ3n) is 4.78. The molecule has 2 atom stereocenters. The molecule has 1 aromatic rings. The summed E-state index contributed by atoms with van der Waals surface area (Å²) in [6, 6.07) is 8.26. The average molecular weight is 346 g/mol. The minimum atomic E-state index is -0.188. The van der Waals surface area contributed by atoms with Gasteiger partial charge < -0.3 is 16.0 Å². The second kappa shape index (κ2) is 8.85. The lowest BCUT2D eigenvalue weighted by atomic mass is 10.1. The van der Waals surface area contributed by atoms with Crippen LogP contribution in [0.15, 0.2) is 24.3 Å². The SMILES string of the molecule is CC(C)NC(=O)NCc1ccc(C(=O)NC[C@@H]2CC[C@H](C)N2C)cc1. The predicted octanol–water partition coefficient (Wildman–Crippen LogP) is 2.11. The van der Waals surface area contributed by atoms with E-state index in [4.69, 9.17) is 0 Å². The standard InChI is InChI=1S/C19H30N4O2/c1-13(2)22-19(25)21-11-15-6-8-16(9-7-15)18(24)20-12-17-10-5-14(3)23(17)4/h6-9,13-14,17H,5,10-12H2,1-4H3,(H,20,24)(H2,21,22,25)/t14-,17-/m0/s1. The minimum absolute atomic E-state index is 0.0509. The van der Waals surface area contributed by atoms with Crippen molar-refractivity contribution in [1.29, 1.82) is 0 Å². The highest BCUT2D eigenvalue weighted by Gasteiger charge is 2.27. The maximum atomic E-state index is 12.3. The van der Waals surface area contributed by atoms with Gasteiger partial charge in [-0.2, -0.15) is 0 Å². The first-order valence-electron chi connectivity index (χ1n) is 9.00. The zero-order valence-corrected chi connectivity index (χ0v) is 15.6. The van der Waals surface area contributed by atoms with E-state index in [0.29, 0.717) is 30.7 Å². The van der Waals surface area contributed by atoms with Crippen molar-refractivity contribution in [3.63, 3.8) is 0 Å². The van der Waals surface area contributed by atoms with Crippen molar-refractivity contribution >= 4 is 11.9 Å². The molecule has 0 bridgehead atoms. The first-order valence-corrected chi connectivity index (χ1v) is 9.00. The van der Waals surface area contributed by atoms with Gasteiger partial charge in [0, 0.05) is 36.8 Å². The van der Waals surface area contributed by atoms with E-state index in [1.165, 1.54) is 6.42 Å². The van der Waals surface area contributed by atoms with Crippen LogP contribution in [0.2, 0.25) is 0 Å². The Morgan fingerprint density at radius 2 is 1.84 bits per heavy atom. The van der Waals surface area contributed by atoms with Crippen LogP contribution < -0.4 is 16.0 Å². The topological polar surface area (TPSA) is 73.5 Å². The molecule has 6 heteroatoms. The van der Waals surface area contributed by atoms with E-state index < -0.39 is 0 Å². The maximum Gasteiger partial charge on any atom is 0.315 e. The molecule has 6 nitrogen and oxygen atoms in total. The van der Waals surface area contributed by atoms with Gasteiger partial charge in [0.15, 0.2) is 0 Å². The number of hydrogen-bond donors (Lipinski definition) is 3. The van der Waals surface area contributed by atoms with E-state index >= 15 is 0 Å². The molecule has 1 aromatic carbocycles. The average Bonchev–Trinajstić information content (AvgIpc) is 2.89. The number of carbonyl (C=O) groups excluding carboxylic acids is 2. The van der Waals surface area contributed by atoms with Gasteiger partial charge in [-0.15, -0.1) is 0 Å². The van der Waals surface area contributed by atoms with Gasteiger partial charge in [-0.05, 0) is 58.4 Å². The van der Waals surface area contributed by atoms with E-state index in [1.807, 2.05) is 26.0 Å². The number of carbonyl (C=O) groups is 2. The molecule has 138 valence electrons. The van der Waals surface area contributed by atoms with Gasteiger partial charge in [0.1, 0.15) is 0 Å². The number of amides is 3. The molecule has 0 aromatic heterocycles. The normalized spacial score (nSPS) is 20.5. The zero-order valence-electron chi connectivity index (χ0n) is 15.6. The number of hydrogen-bond acceptors (Lipinski definition) is 3. The van der Waals surface area contributed by atoms with Gasteiger partial charge >= 0.3 is 6.03 Å². The van der Waals surface area contributed by atoms with Crippen LogP contribution in [0.4, 0.5) is 4.79 Å². The van der Waals surface area contributed by atoms with Gasteiger partial charge in [0.2, 0.25) is 0 Å². The number of rotatable bonds is 6. The summed E-state index contributed by atoms with van der Waals surface area (Å²) in [5, 5.41) is 8.59. The summed E-state index contributed by atoms with van der Waals surface area (Å²) in [5.74, 6) is -0.0509. The Morgan fingerprint density at radius 1 is 1.16 bits per heavy atom. The maximum absolute atomic E-state index is 12.3. The Kier molecular flexibility index (Phi) is 6.82. The van der Waals surface area contributed by atoms with Gasteiger partial charge in [-0.25, -0.2) is 4.79 Å². The van der Waals surface area contributed by atoms with Crippen molar-refractivity contribution < 1.29 is 9.59 Å². The quantitative estimate of drug-likeness (QED) is 0.739. The van der Waals surface area contributed by atoms with Gasteiger partial charge in [0.25, 0.3) is 5.91 Å². The smallest absolute Gasteiger partial charge is 0.315 e. The molecular weight excluding hydrogens is 316 g/mol. The van der Waals surface area contributed by atoms with Crippen LogP contribution in [0.25, 0.3) is 0 Å². The Bertz CT molecular complexity index is 586. The van der Waals surface area contributed by atoms with Crippen LogP contribution in [-0.2, 0) is 6.54 Å². The lowest BCUT2D eigenvalue weighted by Gasteiger charge is -2.23. The van der Waals surface area contributed by atoms with Crippen LogP contribution in [0.1, 0.15) is 49.5 Å². The molecule has 1 heterocycles. The largest absolute Gasteiger partial charge is 0.350 e. The second-order valence-electron chi connectivity index (χ2n) is 7.13. The molecule has 3 amide bonds. The molecule has 0 saturated carbocycles. The summed E-state index contributed by atoms with van der Waals surface area (Å²) in [6.45, 7) is 7.16. The first kappa shape index (κ1) is 19.2. The molecule has 0 aliphatic carbocycles.